The van der Waals surface area contributed by atoms with Crippen molar-refractivity contribution in [3.8, 4) is 11.4 Å². The van der Waals surface area contributed by atoms with Gasteiger partial charge in [-0.3, -0.25) is 14.9 Å². The van der Waals surface area contributed by atoms with E-state index in [1.54, 1.807) is 30.3 Å². The van der Waals surface area contributed by atoms with Gasteiger partial charge in [-0.25, -0.2) is 5.43 Å². The van der Waals surface area contributed by atoms with Crippen molar-refractivity contribution in [2.75, 3.05) is 12.8 Å². The number of hydrogen-bond acceptors (Lipinski definition) is 6. The molecule has 0 saturated carbocycles. The van der Waals surface area contributed by atoms with E-state index in [-0.39, 0.29) is 5.69 Å². The summed E-state index contributed by atoms with van der Waals surface area (Å²) in [5.41, 5.74) is 12.1. The minimum atomic E-state index is -0.470. The summed E-state index contributed by atoms with van der Waals surface area (Å²) in [6.07, 6.45) is 1.54. The van der Waals surface area contributed by atoms with E-state index in [1.807, 2.05) is 24.5 Å². The van der Waals surface area contributed by atoms with Crippen LogP contribution in [-0.2, 0) is 0 Å². The second-order valence-corrected chi connectivity index (χ2v) is 6.56. The fourth-order valence-electron chi connectivity index (χ4n) is 3.18. The summed E-state index contributed by atoms with van der Waals surface area (Å²) < 4.78 is 7.26. The molecule has 0 spiro atoms. The Bertz CT molecular complexity index is 1150. The van der Waals surface area contributed by atoms with Crippen LogP contribution in [0.3, 0.4) is 0 Å². The number of hydrazone groups is 1. The van der Waals surface area contributed by atoms with Crippen molar-refractivity contribution < 1.29 is 14.5 Å². The number of carbonyl (C=O) groups is 1. The predicted molar refractivity (Wildman–Crippen MR) is 114 cm³/mol. The number of aromatic nitrogens is 1. The molecule has 3 N–H and O–H groups in total. The molecule has 3 rings (SSSR count). The number of aryl methyl sites for hydroxylation is 1. The Kier molecular flexibility index (Phi) is 5.82. The van der Waals surface area contributed by atoms with Gasteiger partial charge in [-0.2, -0.15) is 5.10 Å². The first-order valence-corrected chi connectivity index (χ1v) is 9.03. The molecule has 9 heteroatoms. The number of ether oxygens (including phenoxy) is 1. The van der Waals surface area contributed by atoms with Gasteiger partial charge in [0.1, 0.15) is 5.75 Å². The zero-order chi connectivity index (χ0) is 21.8. The molecule has 9 nitrogen and oxygen atoms in total. The van der Waals surface area contributed by atoms with E-state index >= 15 is 0 Å². The molecule has 1 aromatic heterocycles. The second-order valence-electron chi connectivity index (χ2n) is 6.56. The largest absolute Gasteiger partial charge is 0.494 e. The summed E-state index contributed by atoms with van der Waals surface area (Å²) in [5, 5.41) is 15.1. The highest BCUT2D eigenvalue weighted by atomic mass is 16.6. The van der Waals surface area contributed by atoms with Crippen molar-refractivity contribution in [2.45, 2.75) is 13.8 Å². The van der Waals surface area contributed by atoms with Crippen molar-refractivity contribution in [3.63, 3.8) is 0 Å². The van der Waals surface area contributed by atoms with Gasteiger partial charge in [-0.15, -0.1) is 0 Å². The molecule has 1 amide bonds. The van der Waals surface area contributed by atoms with Crippen LogP contribution in [0, 0.1) is 24.0 Å². The summed E-state index contributed by atoms with van der Waals surface area (Å²) in [6.45, 7) is 3.78. The van der Waals surface area contributed by atoms with E-state index < -0.39 is 10.8 Å². The van der Waals surface area contributed by atoms with E-state index in [0.29, 0.717) is 22.7 Å². The number of methoxy groups -OCH3 is 1. The summed E-state index contributed by atoms with van der Waals surface area (Å²) in [7, 11) is 1.46. The Morgan fingerprint density at radius 2 is 1.97 bits per heavy atom. The van der Waals surface area contributed by atoms with E-state index in [2.05, 4.69) is 10.5 Å². The van der Waals surface area contributed by atoms with Crippen LogP contribution < -0.4 is 15.9 Å². The van der Waals surface area contributed by atoms with Crippen molar-refractivity contribution in [1.29, 1.82) is 0 Å². The van der Waals surface area contributed by atoms with Crippen LogP contribution in [0.25, 0.3) is 5.69 Å². The van der Waals surface area contributed by atoms with Gasteiger partial charge in [0.2, 0.25) is 0 Å². The Balaban J connectivity index is 1.88. The topological polar surface area (TPSA) is 125 Å². The summed E-state index contributed by atoms with van der Waals surface area (Å²) in [5.74, 6) is -0.0301. The fraction of sp³-hybridized carbons (Fsp3) is 0.143. The van der Waals surface area contributed by atoms with Crippen molar-refractivity contribution in [3.05, 3.63) is 81.2 Å². The zero-order valence-corrected chi connectivity index (χ0v) is 16.7. The number of nitrogens with two attached hydrogens (primary N) is 1. The zero-order valence-electron chi connectivity index (χ0n) is 16.7. The van der Waals surface area contributed by atoms with Crippen LogP contribution in [-0.4, -0.2) is 28.7 Å². The maximum absolute atomic E-state index is 12.2. The molecule has 0 atom stereocenters. The van der Waals surface area contributed by atoms with Crippen LogP contribution in [0.5, 0.6) is 5.75 Å². The van der Waals surface area contributed by atoms with Crippen molar-refractivity contribution in [2.24, 2.45) is 5.10 Å². The molecule has 0 bridgehead atoms. The number of nitrogen functional groups attached to an aromatic ring is 1. The third-order valence-corrected chi connectivity index (χ3v) is 4.66. The highest BCUT2D eigenvalue weighted by Crippen LogP contribution is 2.31. The Labute approximate surface area is 172 Å². The van der Waals surface area contributed by atoms with Gasteiger partial charge in [-0.05, 0) is 38.1 Å². The van der Waals surface area contributed by atoms with Crippen LogP contribution in [0.2, 0.25) is 0 Å². The number of rotatable bonds is 6. The maximum atomic E-state index is 12.2. The SMILES string of the molecule is COc1cc([N+](=O)[O-])ccc1-n1c(C)cc(/C=N/NC(=O)c2ccccc2N)c1C. The standard InChI is InChI=1S/C21H21N5O4/c1-13-10-15(12-23-24-21(27)17-6-4-5-7-18(17)22)14(2)25(13)19-9-8-16(26(28)29)11-20(19)30-3/h4-12H,22H2,1-3H3,(H,24,27)/b23-12+. The van der Waals surface area contributed by atoms with Gasteiger partial charge in [0, 0.05) is 28.7 Å². The molecule has 154 valence electrons. The summed E-state index contributed by atoms with van der Waals surface area (Å²) in [6, 6.07) is 13.1. The number of amides is 1. The number of nitrogens with one attached hydrogen (secondary N) is 1. The third-order valence-electron chi connectivity index (χ3n) is 4.66. The monoisotopic (exact) mass is 407 g/mol. The van der Waals surface area contributed by atoms with Gasteiger partial charge in [0.15, 0.2) is 0 Å². The molecule has 3 aromatic rings. The highest BCUT2D eigenvalue weighted by molar-refractivity contribution is 5.99. The third kappa shape index (κ3) is 4.00. The molecule has 30 heavy (non-hydrogen) atoms. The van der Waals surface area contributed by atoms with E-state index in [9.17, 15) is 14.9 Å². The minimum absolute atomic E-state index is 0.0530. The summed E-state index contributed by atoms with van der Waals surface area (Å²) >= 11 is 0. The van der Waals surface area contributed by atoms with Gasteiger partial charge >= 0.3 is 0 Å². The van der Waals surface area contributed by atoms with Gasteiger partial charge < -0.3 is 15.0 Å². The second kappa shape index (κ2) is 8.48. The van der Waals surface area contributed by atoms with Crippen LogP contribution in [0.15, 0.2) is 53.6 Å². The number of para-hydroxylation sites is 1. The lowest BCUT2D eigenvalue weighted by atomic mass is 10.2. The van der Waals surface area contributed by atoms with Gasteiger partial charge in [-0.1, -0.05) is 12.1 Å². The van der Waals surface area contributed by atoms with Crippen LogP contribution in [0.1, 0.15) is 27.3 Å². The van der Waals surface area contributed by atoms with Crippen LogP contribution in [0.4, 0.5) is 11.4 Å². The number of benzene rings is 2. The van der Waals surface area contributed by atoms with E-state index in [1.165, 1.54) is 25.5 Å². The Hall–Kier alpha value is -4.14. The van der Waals surface area contributed by atoms with E-state index in [4.69, 9.17) is 10.5 Å². The first-order chi connectivity index (χ1) is 14.3. The molecule has 1 heterocycles. The number of nitro groups is 1. The average molecular weight is 407 g/mol. The first-order valence-electron chi connectivity index (χ1n) is 9.03. The summed E-state index contributed by atoms with van der Waals surface area (Å²) in [4.78, 5) is 22.8. The van der Waals surface area contributed by atoms with E-state index in [0.717, 1.165) is 17.0 Å². The highest BCUT2D eigenvalue weighted by Gasteiger charge is 2.17. The molecule has 0 aliphatic carbocycles. The van der Waals surface area contributed by atoms with Gasteiger partial charge in [0.05, 0.1) is 35.6 Å². The molecule has 0 unspecified atom stereocenters. The molecule has 0 saturated heterocycles. The van der Waals surface area contributed by atoms with Crippen molar-refractivity contribution in [1.82, 2.24) is 9.99 Å². The Morgan fingerprint density at radius 3 is 2.63 bits per heavy atom. The van der Waals surface area contributed by atoms with Crippen LogP contribution >= 0.6 is 0 Å². The lowest BCUT2D eigenvalue weighted by Crippen LogP contribution is -2.19. The quantitative estimate of drug-likeness (QED) is 0.281. The molecule has 0 aliphatic rings. The number of carbonyl (C=O) groups excluding carboxylic acids is 1. The fourth-order valence-corrected chi connectivity index (χ4v) is 3.18. The minimum Gasteiger partial charge on any atom is -0.494 e. The normalized spacial score (nSPS) is 10.9. The predicted octanol–water partition coefficient (Wildman–Crippen LogP) is 3.36. The molecular weight excluding hydrogens is 386 g/mol. The first kappa shape index (κ1) is 20.6. The Morgan fingerprint density at radius 1 is 1.23 bits per heavy atom. The van der Waals surface area contributed by atoms with Gasteiger partial charge in [0.25, 0.3) is 11.6 Å². The number of nitro benzene ring substituents is 1. The smallest absolute Gasteiger partial charge is 0.273 e. The van der Waals surface area contributed by atoms with Crippen molar-refractivity contribution >= 4 is 23.5 Å². The number of anilines is 1. The lowest BCUT2D eigenvalue weighted by molar-refractivity contribution is -0.384. The molecular formula is C21H21N5O4. The molecule has 0 radical (unpaired) electrons. The molecule has 2 aromatic carbocycles. The maximum Gasteiger partial charge on any atom is 0.273 e. The lowest BCUT2D eigenvalue weighted by Gasteiger charge is -2.13. The average Bonchev–Trinajstić information content (AvgIpc) is 3.00. The number of nitrogens with zero attached hydrogens (tertiary/aromatic N) is 3. The molecule has 0 fully saturated rings. The number of non-ortho nitro benzene ring substituents is 1. The molecule has 0 aliphatic heterocycles. The number of hydrogen-bond donors (Lipinski definition) is 2.